The highest BCUT2D eigenvalue weighted by Gasteiger charge is 2.19. The molecule has 33 heavy (non-hydrogen) atoms. The lowest BCUT2D eigenvalue weighted by Crippen LogP contribution is -2.22. The lowest BCUT2D eigenvalue weighted by atomic mass is 10.1. The number of methoxy groups -OCH3 is 1. The van der Waals surface area contributed by atoms with Gasteiger partial charge in [-0.3, -0.25) is 9.59 Å². The number of ether oxygens (including phenoxy) is 2. The number of hydrogen-bond acceptors (Lipinski definition) is 5. The molecule has 6 nitrogen and oxygen atoms in total. The standard InChI is InChI=1S/C25H19Cl2NO5/c1-14-3-10-21-18(11-14)23(30)25(24(33-21)15-4-7-17(31-2)8-5-15)32-13-22(29)28-20-12-16(26)6-9-19(20)27/h3-12H,13H2,1-2H3,(H,28,29). The third kappa shape index (κ3) is 4.97. The first-order valence-corrected chi connectivity index (χ1v) is 10.7. The van der Waals surface area contributed by atoms with Crippen LogP contribution in [0.1, 0.15) is 5.56 Å². The zero-order valence-electron chi connectivity index (χ0n) is 17.8. The van der Waals surface area contributed by atoms with Crippen LogP contribution in [0, 0.1) is 6.92 Å². The lowest BCUT2D eigenvalue weighted by molar-refractivity contribution is -0.118. The maximum atomic E-state index is 13.3. The first-order valence-electron chi connectivity index (χ1n) is 9.95. The Morgan fingerprint density at radius 2 is 1.79 bits per heavy atom. The molecule has 1 heterocycles. The van der Waals surface area contributed by atoms with Gasteiger partial charge >= 0.3 is 0 Å². The van der Waals surface area contributed by atoms with Crippen molar-refractivity contribution in [2.45, 2.75) is 6.92 Å². The zero-order chi connectivity index (χ0) is 23.5. The summed E-state index contributed by atoms with van der Waals surface area (Å²) in [7, 11) is 1.56. The summed E-state index contributed by atoms with van der Waals surface area (Å²) in [6, 6.07) is 17.0. The number of rotatable bonds is 6. The van der Waals surface area contributed by atoms with E-state index in [2.05, 4.69) is 5.32 Å². The van der Waals surface area contributed by atoms with E-state index in [1.54, 1.807) is 55.6 Å². The fraction of sp³-hybridized carbons (Fsp3) is 0.120. The molecule has 0 unspecified atom stereocenters. The summed E-state index contributed by atoms with van der Waals surface area (Å²) in [6.45, 7) is 1.44. The Labute approximate surface area is 199 Å². The average Bonchev–Trinajstić information content (AvgIpc) is 2.81. The second-order valence-corrected chi connectivity index (χ2v) is 8.12. The summed E-state index contributed by atoms with van der Waals surface area (Å²) in [4.78, 5) is 25.8. The number of fused-ring (bicyclic) bond motifs is 1. The summed E-state index contributed by atoms with van der Waals surface area (Å²) >= 11 is 12.1. The Morgan fingerprint density at radius 1 is 1.03 bits per heavy atom. The number of nitrogens with one attached hydrogen (secondary N) is 1. The molecule has 0 bridgehead atoms. The van der Waals surface area contributed by atoms with Crippen LogP contribution in [-0.2, 0) is 4.79 Å². The Morgan fingerprint density at radius 3 is 2.52 bits per heavy atom. The van der Waals surface area contributed by atoms with Crippen molar-refractivity contribution in [3.8, 4) is 22.8 Å². The van der Waals surface area contributed by atoms with Crippen molar-refractivity contribution < 1.29 is 18.7 Å². The predicted molar refractivity (Wildman–Crippen MR) is 130 cm³/mol. The number of amides is 1. The number of anilines is 1. The summed E-state index contributed by atoms with van der Waals surface area (Å²) < 4.78 is 16.9. The normalized spacial score (nSPS) is 10.8. The molecule has 0 atom stereocenters. The molecular formula is C25H19Cl2NO5. The van der Waals surface area contributed by atoms with Crippen LogP contribution in [0.25, 0.3) is 22.3 Å². The summed E-state index contributed by atoms with van der Waals surface area (Å²) in [5.41, 5.74) is 1.88. The van der Waals surface area contributed by atoms with Crippen LogP contribution in [-0.4, -0.2) is 19.6 Å². The molecule has 0 radical (unpaired) electrons. The molecule has 0 aliphatic heterocycles. The summed E-state index contributed by atoms with van der Waals surface area (Å²) in [5, 5.41) is 3.74. The zero-order valence-corrected chi connectivity index (χ0v) is 19.3. The van der Waals surface area contributed by atoms with Crippen molar-refractivity contribution >= 4 is 45.8 Å². The molecule has 1 amide bonds. The van der Waals surface area contributed by atoms with E-state index in [-0.39, 0.29) is 16.9 Å². The van der Waals surface area contributed by atoms with E-state index in [0.29, 0.717) is 38.0 Å². The van der Waals surface area contributed by atoms with Gasteiger partial charge in [0.1, 0.15) is 11.3 Å². The van der Waals surface area contributed by atoms with Crippen molar-refractivity contribution in [3.63, 3.8) is 0 Å². The fourth-order valence-corrected chi connectivity index (χ4v) is 3.61. The Kier molecular flexibility index (Phi) is 6.58. The van der Waals surface area contributed by atoms with Crippen LogP contribution < -0.4 is 20.2 Å². The molecule has 0 aliphatic rings. The number of halogens is 2. The van der Waals surface area contributed by atoms with E-state index in [1.807, 2.05) is 13.0 Å². The average molecular weight is 484 g/mol. The fourth-order valence-electron chi connectivity index (χ4n) is 3.27. The lowest BCUT2D eigenvalue weighted by Gasteiger charge is -2.13. The molecule has 0 saturated carbocycles. The minimum atomic E-state index is -0.511. The number of carbonyl (C=O) groups excluding carboxylic acids is 1. The Balaban J connectivity index is 1.70. The molecule has 0 aliphatic carbocycles. The van der Waals surface area contributed by atoms with Gasteiger partial charge in [0.2, 0.25) is 11.2 Å². The molecule has 3 aromatic carbocycles. The quantitative estimate of drug-likeness (QED) is 0.358. The van der Waals surface area contributed by atoms with Gasteiger partial charge in [-0.15, -0.1) is 0 Å². The van der Waals surface area contributed by atoms with Gasteiger partial charge < -0.3 is 19.2 Å². The van der Waals surface area contributed by atoms with Crippen LogP contribution in [0.15, 0.2) is 69.9 Å². The first-order chi connectivity index (χ1) is 15.9. The molecule has 1 aromatic heterocycles. The van der Waals surface area contributed by atoms with Crippen LogP contribution in [0.2, 0.25) is 10.0 Å². The maximum Gasteiger partial charge on any atom is 0.262 e. The number of hydrogen-bond donors (Lipinski definition) is 1. The van der Waals surface area contributed by atoms with E-state index in [0.717, 1.165) is 5.56 Å². The highest BCUT2D eigenvalue weighted by molar-refractivity contribution is 6.35. The van der Waals surface area contributed by atoms with E-state index in [4.69, 9.17) is 37.1 Å². The molecule has 1 N–H and O–H groups in total. The van der Waals surface area contributed by atoms with Crippen molar-refractivity contribution in [3.05, 3.63) is 86.5 Å². The summed E-state index contributed by atoms with van der Waals surface area (Å²) in [6.07, 6.45) is 0. The number of aryl methyl sites for hydroxylation is 1. The summed E-state index contributed by atoms with van der Waals surface area (Å²) in [5.74, 6) is 0.291. The van der Waals surface area contributed by atoms with E-state index >= 15 is 0 Å². The van der Waals surface area contributed by atoms with Gasteiger partial charge in [-0.25, -0.2) is 0 Å². The van der Waals surface area contributed by atoms with Crippen LogP contribution in [0.5, 0.6) is 11.5 Å². The second-order valence-electron chi connectivity index (χ2n) is 7.28. The third-order valence-electron chi connectivity index (χ3n) is 4.91. The Hall–Kier alpha value is -3.48. The smallest absolute Gasteiger partial charge is 0.262 e. The van der Waals surface area contributed by atoms with Gasteiger partial charge in [-0.2, -0.15) is 0 Å². The van der Waals surface area contributed by atoms with Gasteiger partial charge in [0.05, 0.1) is 23.2 Å². The van der Waals surface area contributed by atoms with Gasteiger partial charge in [0.15, 0.2) is 12.4 Å². The topological polar surface area (TPSA) is 77.8 Å². The van der Waals surface area contributed by atoms with Gasteiger partial charge in [-0.1, -0.05) is 34.8 Å². The van der Waals surface area contributed by atoms with E-state index < -0.39 is 12.5 Å². The molecule has 8 heteroatoms. The monoisotopic (exact) mass is 483 g/mol. The number of carbonyl (C=O) groups is 1. The highest BCUT2D eigenvalue weighted by atomic mass is 35.5. The predicted octanol–water partition coefficient (Wildman–Crippen LogP) is 6.10. The van der Waals surface area contributed by atoms with Crippen LogP contribution >= 0.6 is 23.2 Å². The molecule has 168 valence electrons. The minimum Gasteiger partial charge on any atom is -0.497 e. The van der Waals surface area contributed by atoms with Crippen LogP contribution in [0.3, 0.4) is 0 Å². The molecule has 0 saturated heterocycles. The van der Waals surface area contributed by atoms with Gasteiger partial charge in [0, 0.05) is 10.6 Å². The van der Waals surface area contributed by atoms with Gasteiger partial charge in [-0.05, 0) is 61.5 Å². The largest absolute Gasteiger partial charge is 0.497 e. The molecule has 4 aromatic rings. The van der Waals surface area contributed by atoms with Gasteiger partial charge in [0.25, 0.3) is 5.91 Å². The molecular weight excluding hydrogens is 465 g/mol. The molecule has 0 fully saturated rings. The van der Waals surface area contributed by atoms with Crippen molar-refractivity contribution in [2.75, 3.05) is 19.0 Å². The highest BCUT2D eigenvalue weighted by Crippen LogP contribution is 2.32. The third-order valence-corrected chi connectivity index (χ3v) is 5.47. The van der Waals surface area contributed by atoms with Crippen molar-refractivity contribution in [2.24, 2.45) is 0 Å². The van der Waals surface area contributed by atoms with E-state index in [1.165, 1.54) is 6.07 Å². The SMILES string of the molecule is COc1ccc(-c2oc3ccc(C)cc3c(=O)c2OCC(=O)Nc2cc(Cl)ccc2Cl)cc1. The minimum absolute atomic E-state index is 0.0643. The van der Waals surface area contributed by atoms with E-state index in [9.17, 15) is 9.59 Å². The Bertz CT molecular complexity index is 1400. The maximum absolute atomic E-state index is 13.3. The van der Waals surface area contributed by atoms with Crippen molar-refractivity contribution in [1.29, 1.82) is 0 Å². The van der Waals surface area contributed by atoms with Crippen LogP contribution in [0.4, 0.5) is 5.69 Å². The first kappa shape index (κ1) is 22.7. The number of benzene rings is 3. The van der Waals surface area contributed by atoms with Crippen molar-refractivity contribution in [1.82, 2.24) is 0 Å². The molecule has 0 spiro atoms. The second kappa shape index (κ2) is 9.57. The molecule has 4 rings (SSSR count).